The highest BCUT2D eigenvalue weighted by Crippen LogP contribution is 2.31. The van der Waals surface area contributed by atoms with Crippen LogP contribution in [-0.2, 0) is 6.18 Å². The minimum Gasteiger partial charge on any atom is -0.392 e. The first kappa shape index (κ1) is 15.5. The van der Waals surface area contributed by atoms with Crippen LogP contribution in [0.1, 0.15) is 24.2 Å². The van der Waals surface area contributed by atoms with Gasteiger partial charge in [-0.15, -0.1) is 0 Å². The van der Waals surface area contributed by atoms with E-state index in [1.807, 2.05) is 12.2 Å². The molecule has 3 rings (SSSR count). The minimum atomic E-state index is -4.37. The Morgan fingerprint density at radius 3 is 2.39 bits per heavy atom. The predicted octanol–water partition coefficient (Wildman–Crippen LogP) is 3.85. The minimum absolute atomic E-state index is 0.0207. The number of aromatic nitrogens is 2. The van der Waals surface area contributed by atoms with Crippen molar-refractivity contribution in [2.45, 2.75) is 19.0 Å². The predicted molar refractivity (Wildman–Crippen MR) is 77.1 cm³/mol. The second-order valence-corrected chi connectivity index (χ2v) is 5.17. The molecule has 1 aliphatic rings. The van der Waals surface area contributed by atoms with Crippen molar-refractivity contribution in [3.8, 4) is 11.5 Å². The molecule has 1 heterocycles. The summed E-state index contributed by atoms with van der Waals surface area (Å²) in [5.41, 5.74) is 1.50. The van der Waals surface area contributed by atoms with Crippen molar-refractivity contribution in [2.24, 2.45) is 0 Å². The standard InChI is InChI=1S/C16H13F3N2O2/c17-16(18,19)13-7-5-12(6-8-13)15-20-14(21-23-15)11-3-1-10(9-22)2-4-11/h1,3,5-8,22H,2,4,9H2. The molecule has 23 heavy (non-hydrogen) atoms. The zero-order valence-corrected chi connectivity index (χ0v) is 12.0. The zero-order valence-electron chi connectivity index (χ0n) is 12.0. The van der Waals surface area contributed by atoms with Crippen LogP contribution in [-0.4, -0.2) is 21.9 Å². The fourth-order valence-corrected chi connectivity index (χ4v) is 2.27. The Kier molecular flexibility index (Phi) is 4.04. The van der Waals surface area contributed by atoms with E-state index in [-0.39, 0.29) is 12.5 Å². The third-order valence-corrected chi connectivity index (χ3v) is 3.61. The van der Waals surface area contributed by atoms with Crippen LogP contribution >= 0.6 is 0 Å². The summed E-state index contributed by atoms with van der Waals surface area (Å²) in [5, 5.41) is 12.9. The van der Waals surface area contributed by atoms with Crippen LogP contribution < -0.4 is 0 Å². The summed E-state index contributed by atoms with van der Waals surface area (Å²) in [6, 6.07) is 4.57. The molecule has 1 N–H and O–H groups in total. The van der Waals surface area contributed by atoms with E-state index in [1.165, 1.54) is 12.1 Å². The number of hydrogen-bond donors (Lipinski definition) is 1. The lowest BCUT2D eigenvalue weighted by Crippen LogP contribution is -2.04. The van der Waals surface area contributed by atoms with Gasteiger partial charge in [0.25, 0.3) is 5.89 Å². The van der Waals surface area contributed by atoms with Gasteiger partial charge in [0.05, 0.1) is 12.2 Å². The third kappa shape index (κ3) is 3.34. The summed E-state index contributed by atoms with van der Waals surface area (Å²) in [4.78, 5) is 4.23. The molecule has 0 bridgehead atoms. The molecule has 0 fully saturated rings. The van der Waals surface area contributed by atoms with Gasteiger partial charge in [0.15, 0.2) is 5.82 Å². The lowest BCUT2D eigenvalue weighted by molar-refractivity contribution is -0.137. The smallest absolute Gasteiger partial charge is 0.392 e. The molecule has 0 amide bonds. The van der Waals surface area contributed by atoms with Crippen LogP contribution in [0.15, 0.2) is 46.5 Å². The quantitative estimate of drug-likeness (QED) is 0.932. The Morgan fingerprint density at radius 1 is 1.09 bits per heavy atom. The fraction of sp³-hybridized carbons (Fsp3) is 0.250. The lowest BCUT2D eigenvalue weighted by Gasteiger charge is -2.09. The summed E-state index contributed by atoms with van der Waals surface area (Å²) in [7, 11) is 0. The summed E-state index contributed by atoms with van der Waals surface area (Å²) in [6.45, 7) is 0.0207. The lowest BCUT2D eigenvalue weighted by atomic mass is 9.98. The van der Waals surface area contributed by atoms with Gasteiger partial charge in [-0.05, 0) is 42.7 Å². The van der Waals surface area contributed by atoms with Crippen LogP contribution in [0.25, 0.3) is 17.0 Å². The number of halogens is 3. The van der Waals surface area contributed by atoms with E-state index in [0.29, 0.717) is 24.2 Å². The highest BCUT2D eigenvalue weighted by Gasteiger charge is 2.30. The first-order valence-corrected chi connectivity index (χ1v) is 6.98. The molecule has 0 unspecified atom stereocenters. The molecular weight excluding hydrogens is 309 g/mol. The highest BCUT2D eigenvalue weighted by molar-refractivity contribution is 5.65. The van der Waals surface area contributed by atoms with Gasteiger partial charge in [0.1, 0.15) is 0 Å². The summed E-state index contributed by atoms with van der Waals surface area (Å²) >= 11 is 0. The van der Waals surface area contributed by atoms with Gasteiger partial charge in [0.2, 0.25) is 0 Å². The van der Waals surface area contributed by atoms with Gasteiger partial charge in [-0.2, -0.15) is 18.2 Å². The van der Waals surface area contributed by atoms with Crippen molar-refractivity contribution in [3.63, 3.8) is 0 Å². The monoisotopic (exact) mass is 322 g/mol. The number of alkyl halides is 3. The van der Waals surface area contributed by atoms with Gasteiger partial charge < -0.3 is 9.63 Å². The number of rotatable bonds is 3. The summed E-state index contributed by atoms with van der Waals surface area (Å²) < 4.78 is 42.8. The van der Waals surface area contributed by atoms with Gasteiger partial charge >= 0.3 is 6.18 Å². The third-order valence-electron chi connectivity index (χ3n) is 3.61. The highest BCUT2D eigenvalue weighted by atomic mass is 19.4. The zero-order chi connectivity index (χ0) is 16.4. The molecule has 1 aromatic heterocycles. The molecule has 0 radical (unpaired) electrons. The molecule has 0 aliphatic heterocycles. The van der Waals surface area contributed by atoms with E-state index in [1.54, 1.807) is 0 Å². The maximum Gasteiger partial charge on any atom is 0.416 e. The van der Waals surface area contributed by atoms with Crippen LogP contribution in [0.4, 0.5) is 13.2 Å². The molecule has 1 aliphatic carbocycles. The number of aliphatic hydroxyl groups excluding tert-OH is 1. The topological polar surface area (TPSA) is 59.2 Å². The molecule has 0 spiro atoms. The summed E-state index contributed by atoms with van der Waals surface area (Å²) in [6.07, 6.45) is 0.649. The van der Waals surface area contributed by atoms with Crippen molar-refractivity contribution in [1.29, 1.82) is 0 Å². The van der Waals surface area contributed by atoms with Crippen LogP contribution in [0.5, 0.6) is 0 Å². The molecule has 7 heteroatoms. The van der Waals surface area contributed by atoms with Crippen molar-refractivity contribution in [3.05, 3.63) is 53.4 Å². The molecular formula is C16H13F3N2O2. The van der Waals surface area contributed by atoms with E-state index >= 15 is 0 Å². The van der Waals surface area contributed by atoms with Crippen LogP contribution in [0.2, 0.25) is 0 Å². The van der Waals surface area contributed by atoms with Crippen molar-refractivity contribution < 1.29 is 22.8 Å². The number of nitrogens with zero attached hydrogens (tertiary/aromatic N) is 2. The SMILES string of the molecule is OCC1=CC=C(c2noc(-c3ccc(C(F)(F)F)cc3)n2)CC1. The van der Waals surface area contributed by atoms with Gasteiger partial charge in [-0.3, -0.25) is 0 Å². The van der Waals surface area contributed by atoms with E-state index in [9.17, 15) is 13.2 Å². The maximum atomic E-state index is 12.5. The second-order valence-electron chi connectivity index (χ2n) is 5.17. The molecule has 1 aromatic carbocycles. The number of hydrogen-bond acceptors (Lipinski definition) is 4. The van der Waals surface area contributed by atoms with Crippen molar-refractivity contribution in [2.75, 3.05) is 6.61 Å². The number of aliphatic hydroxyl groups is 1. The Morgan fingerprint density at radius 2 is 1.83 bits per heavy atom. The molecule has 0 saturated carbocycles. The molecule has 0 atom stereocenters. The number of benzene rings is 1. The average Bonchev–Trinajstić information content (AvgIpc) is 3.04. The van der Waals surface area contributed by atoms with Crippen molar-refractivity contribution in [1.82, 2.24) is 10.1 Å². The Labute approximate surface area is 129 Å². The Bertz CT molecular complexity index is 758. The molecule has 2 aromatic rings. The Hall–Kier alpha value is -2.41. The average molecular weight is 322 g/mol. The van der Waals surface area contributed by atoms with E-state index in [0.717, 1.165) is 23.3 Å². The van der Waals surface area contributed by atoms with Crippen LogP contribution in [0, 0.1) is 0 Å². The van der Waals surface area contributed by atoms with E-state index < -0.39 is 11.7 Å². The maximum absolute atomic E-state index is 12.5. The van der Waals surface area contributed by atoms with Crippen LogP contribution in [0.3, 0.4) is 0 Å². The number of allylic oxidation sites excluding steroid dienone is 3. The molecule has 0 saturated heterocycles. The first-order chi connectivity index (χ1) is 11.0. The normalized spacial score (nSPS) is 15.3. The van der Waals surface area contributed by atoms with E-state index in [2.05, 4.69) is 10.1 Å². The fourth-order valence-electron chi connectivity index (χ4n) is 2.27. The Balaban J connectivity index is 1.82. The van der Waals surface area contributed by atoms with Gasteiger partial charge in [0, 0.05) is 11.1 Å². The summed E-state index contributed by atoms with van der Waals surface area (Å²) in [5.74, 6) is 0.583. The van der Waals surface area contributed by atoms with Gasteiger partial charge in [-0.1, -0.05) is 17.3 Å². The molecule has 120 valence electrons. The largest absolute Gasteiger partial charge is 0.416 e. The molecule has 4 nitrogen and oxygen atoms in total. The van der Waals surface area contributed by atoms with Crippen molar-refractivity contribution >= 4 is 5.57 Å². The first-order valence-electron chi connectivity index (χ1n) is 6.98. The van der Waals surface area contributed by atoms with Gasteiger partial charge in [-0.25, -0.2) is 0 Å². The second kappa shape index (κ2) is 6.00. The van der Waals surface area contributed by atoms with E-state index in [4.69, 9.17) is 9.63 Å².